The van der Waals surface area contributed by atoms with Gasteiger partial charge in [0, 0.05) is 19.5 Å². The number of benzene rings is 1. The molecule has 0 spiro atoms. The second kappa shape index (κ2) is 7.92. The van der Waals surface area contributed by atoms with Crippen molar-refractivity contribution in [1.29, 1.82) is 0 Å². The van der Waals surface area contributed by atoms with Crippen LogP contribution < -0.4 is 11.1 Å². The lowest BCUT2D eigenvalue weighted by Gasteiger charge is -2.31. The molecule has 7 nitrogen and oxygen atoms in total. The number of piperidine rings is 1. The number of nitrogens with one attached hydrogen (secondary N) is 1. The van der Waals surface area contributed by atoms with E-state index in [9.17, 15) is 19.5 Å². The summed E-state index contributed by atoms with van der Waals surface area (Å²) in [7, 11) is 0. The van der Waals surface area contributed by atoms with Crippen LogP contribution in [0.15, 0.2) is 30.3 Å². The van der Waals surface area contributed by atoms with Crippen LogP contribution >= 0.6 is 0 Å². The normalized spacial score (nSPS) is 20.5. The second-order valence-corrected chi connectivity index (χ2v) is 6.18. The summed E-state index contributed by atoms with van der Waals surface area (Å²) < 4.78 is 0. The molecule has 1 heterocycles. The number of nitrogens with two attached hydrogens (primary N) is 1. The minimum absolute atomic E-state index is 0.248. The first-order valence-electron chi connectivity index (χ1n) is 8.06. The largest absolute Gasteiger partial charge is 0.465 e. The van der Waals surface area contributed by atoms with Gasteiger partial charge in [0.15, 0.2) is 0 Å². The summed E-state index contributed by atoms with van der Waals surface area (Å²) in [6.45, 7) is 0.708. The van der Waals surface area contributed by atoms with Crippen LogP contribution in [0.5, 0.6) is 0 Å². The van der Waals surface area contributed by atoms with E-state index in [-0.39, 0.29) is 12.3 Å². The van der Waals surface area contributed by atoms with Crippen LogP contribution in [0.2, 0.25) is 0 Å². The molecule has 1 fully saturated rings. The highest BCUT2D eigenvalue weighted by atomic mass is 16.4. The molecule has 0 aliphatic carbocycles. The first-order valence-corrected chi connectivity index (χ1v) is 8.06. The topological polar surface area (TPSA) is 113 Å². The first kappa shape index (κ1) is 17.9. The highest BCUT2D eigenvalue weighted by Gasteiger charge is 2.38. The van der Waals surface area contributed by atoms with Crippen LogP contribution in [0.25, 0.3) is 0 Å². The maximum Gasteiger partial charge on any atom is 0.407 e. The molecule has 1 aliphatic heterocycles. The molecule has 0 aromatic heterocycles. The summed E-state index contributed by atoms with van der Waals surface area (Å²) in [6, 6.07) is 9.39. The minimum Gasteiger partial charge on any atom is -0.465 e. The van der Waals surface area contributed by atoms with Crippen LogP contribution in [0.4, 0.5) is 4.79 Å². The average Bonchev–Trinajstić information content (AvgIpc) is 2.55. The third kappa shape index (κ3) is 4.79. The van der Waals surface area contributed by atoms with Crippen molar-refractivity contribution in [2.45, 2.75) is 44.2 Å². The van der Waals surface area contributed by atoms with Crippen LogP contribution in [-0.2, 0) is 16.1 Å². The summed E-state index contributed by atoms with van der Waals surface area (Å²) in [5.74, 6) is -0.723. The maximum absolute atomic E-state index is 11.8. The summed E-state index contributed by atoms with van der Waals surface area (Å²) >= 11 is 0. The van der Waals surface area contributed by atoms with Crippen molar-refractivity contribution in [1.82, 2.24) is 10.2 Å². The Morgan fingerprint density at radius 1 is 1.25 bits per heavy atom. The summed E-state index contributed by atoms with van der Waals surface area (Å²) in [4.78, 5) is 35.7. The zero-order valence-electron chi connectivity index (χ0n) is 13.5. The van der Waals surface area contributed by atoms with Gasteiger partial charge in [-0.1, -0.05) is 30.3 Å². The zero-order chi connectivity index (χ0) is 17.6. The second-order valence-electron chi connectivity index (χ2n) is 6.18. The standard InChI is InChI=1S/C17H23N3O4/c18-17(10-8-14(21)19-15(17)22)9-4-5-11-20(16(23)24)12-13-6-2-1-3-7-13/h1-3,6-7H,4-5,8-12,18H2,(H,23,24)(H,19,21,22). The number of carbonyl (C=O) groups is 3. The molecule has 4 N–H and O–H groups in total. The number of nitrogens with zero attached hydrogens (tertiary/aromatic N) is 1. The molecule has 1 unspecified atom stereocenters. The monoisotopic (exact) mass is 333 g/mol. The maximum atomic E-state index is 11.8. The van der Waals surface area contributed by atoms with Gasteiger partial charge in [-0.25, -0.2) is 4.79 Å². The van der Waals surface area contributed by atoms with Gasteiger partial charge in [0.1, 0.15) is 0 Å². The fourth-order valence-electron chi connectivity index (χ4n) is 2.79. The van der Waals surface area contributed by atoms with Crippen molar-refractivity contribution >= 4 is 17.9 Å². The van der Waals surface area contributed by atoms with Crippen molar-refractivity contribution in [2.75, 3.05) is 6.54 Å². The number of unbranched alkanes of at least 4 members (excludes halogenated alkanes) is 1. The van der Waals surface area contributed by atoms with E-state index in [1.807, 2.05) is 30.3 Å². The molecule has 1 aliphatic rings. The molecule has 1 saturated heterocycles. The smallest absolute Gasteiger partial charge is 0.407 e. The van der Waals surface area contributed by atoms with Gasteiger partial charge in [-0.05, 0) is 31.2 Å². The molecule has 0 radical (unpaired) electrons. The van der Waals surface area contributed by atoms with Crippen molar-refractivity contribution in [3.05, 3.63) is 35.9 Å². The van der Waals surface area contributed by atoms with E-state index < -0.39 is 17.5 Å². The van der Waals surface area contributed by atoms with Gasteiger partial charge in [-0.15, -0.1) is 0 Å². The molecule has 130 valence electrons. The van der Waals surface area contributed by atoms with E-state index in [1.54, 1.807) is 0 Å². The van der Waals surface area contributed by atoms with Crippen molar-refractivity contribution in [3.63, 3.8) is 0 Å². The van der Waals surface area contributed by atoms with E-state index in [0.717, 1.165) is 5.56 Å². The number of carbonyl (C=O) groups excluding carboxylic acids is 2. The van der Waals surface area contributed by atoms with Crippen molar-refractivity contribution in [2.24, 2.45) is 5.73 Å². The van der Waals surface area contributed by atoms with Crippen molar-refractivity contribution in [3.8, 4) is 0 Å². The van der Waals surface area contributed by atoms with Crippen LogP contribution in [0, 0.1) is 0 Å². The van der Waals surface area contributed by atoms with Crippen LogP contribution in [-0.4, -0.2) is 40.0 Å². The molecular formula is C17H23N3O4. The average molecular weight is 333 g/mol. The van der Waals surface area contributed by atoms with Gasteiger partial charge in [-0.3, -0.25) is 14.9 Å². The molecule has 7 heteroatoms. The van der Waals surface area contributed by atoms with E-state index >= 15 is 0 Å². The molecule has 0 saturated carbocycles. The number of hydrogen-bond acceptors (Lipinski definition) is 4. The lowest BCUT2D eigenvalue weighted by Crippen LogP contribution is -2.59. The lowest BCUT2D eigenvalue weighted by atomic mass is 9.85. The number of imide groups is 1. The van der Waals surface area contributed by atoms with Gasteiger partial charge in [0.25, 0.3) is 0 Å². The van der Waals surface area contributed by atoms with Gasteiger partial charge in [-0.2, -0.15) is 0 Å². The van der Waals surface area contributed by atoms with Gasteiger partial charge < -0.3 is 15.7 Å². The Morgan fingerprint density at radius 2 is 1.96 bits per heavy atom. The van der Waals surface area contributed by atoms with E-state index in [0.29, 0.717) is 38.8 Å². The Kier molecular flexibility index (Phi) is 5.92. The van der Waals surface area contributed by atoms with E-state index in [2.05, 4.69) is 5.32 Å². The molecule has 2 rings (SSSR count). The van der Waals surface area contributed by atoms with Gasteiger partial charge in [0.05, 0.1) is 5.54 Å². The Labute approximate surface area is 140 Å². The fraction of sp³-hybridized carbons (Fsp3) is 0.471. The van der Waals surface area contributed by atoms with Gasteiger partial charge >= 0.3 is 6.09 Å². The first-order chi connectivity index (χ1) is 11.4. The molecule has 1 aromatic carbocycles. The molecular weight excluding hydrogens is 310 g/mol. The van der Waals surface area contributed by atoms with Gasteiger partial charge in [0.2, 0.25) is 11.8 Å². The van der Waals surface area contributed by atoms with E-state index in [4.69, 9.17) is 5.73 Å². The predicted octanol–water partition coefficient (Wildman–Crippen LogP) is 1.47. The minimum atomic E-state index is -1.03. The zero-order valence-corrected chi connectivity index (χ0v) is 13.5. The Hall–Kier alpha value is -2.41. The Morgan fingerprint density at radius 3 is 2.58 bits per heavy atom. The molecule has 0 bridgehead atoms. The molecule has 3 amide bonds. The predicted molar refractivity (Wildman–Crippen MR) is 88.0 cm³/mol. The highest BCUT2D eigenvalue weighted by Crippen LogP contribution is 2.21. The fourth-order valence-corrected chi connectivity index (χ4v) is 2.79. The number of rotatable bonds is 7. The van der Waals surface area contributed by atoms with Crippen molar-refractivity contribution < 1.29 is 19.5 Å². The quantitative estimate of drug-likeness (QED) is 0.516. The lowest BCUT2D eigenvalue weighted by molar-refractivity contribution is -0.137. The Bertz CT molecular complexity index is 605. The van der Waals surface area contributed by atoms with E-state index in [1.165, 1.54) is 4.90 Å². The summed E-state index contributed by atoms with van der Waals surface area (Å²) in [5.41, 5.74) is 5.98. The third-order valence-electron chi connectivity index (χ3n) is 4.29. The van der Waals surface area contributed by atoms with Crippen LogP contribution in [0.1, 0.15) is 37.7 Å². The summed E-state index contributed by atoms with van der Waals surface area (Å²) in [6.07, 6.45) is 1.28. The molecule has 1 aromatic rings. The number of carboxylic acid groups (broad SMARTS) is 1. The number of amides is 3. The number of hydrogen-bond donors (Lipinski definition) is 3. The molecule has 1 atom stereocenters. The molecule has 24 heavy (non-hydrogen) atoms. The Balaban J connectivity index is 1.80. The van der Waals surface area contributed by atoms with Crippen LogP contribution in [0.3, 0.4) is 0 Å². The third-order valence-corrected chi connectivity index (χ3v) is 4.29. The summed E-state index contributed by atoms with van der Waals surface area (Å²) in [5, 5.41) is 11.6. The SMILES string of the molecule is NC1(CCCCN(Cc2ccccc2)C(=O)O)CCC(=O)NC1=O. The highest BCUT2D eigenvalue weighted by molar-refractivity contribution is 6.02.